The third-order valence-electron chi connectivity index (χ3n) is 1.97. The Morgan fingerprint density at radius 3 is 2.53 bits per heavy atom. The van der Waals surface area contributed by atoms with E-state index in [4.69, 9.17) is 5.11 Å². The normalized spacial score (nSPS) is 11.2. The molecule has 0 unspecified atom stereocenters. The summed E-state index contributed by atoms with van der Waals surface area (Å²) >= 11 is 2.92. The zero-order valence-corrected chi connectivity index (χ0v) is 10.9. The highest BCUT2D eigenvalue weighted by molar-refractivity contribution is 9.10. The van der Waals surface area contributed by atoms with Crippen LogP contribution in [-0.2, 0) is 4.79 Å². The molecule has 9 heteroatoms. The molecule has 0 aliphatic heterocycles. The van der Waals surface area contributed by atoms with Gasteiger partial charge in [-0.15, -0.1) is 0 Å². The zero-order chi connectivity index (χ0) is 14.6. The second kappa shape index (κ2) is 6.00. The van der Waals surface area contributed by atoms with Gasteiger partial charge in [0.15, 0.2) is 0 Å². The molecule has 1 amide bonds. The number of alkyl halides is 3. The summed E-state index contributed by atoms with van der Waals surface area (Å²) in [7, 11) is 0. The molecule has 1 rings (SSSR count). The number of carboxylic acids is 1. The van der Waals surface area contributed by atoms with E-state index in [1.807, 2.05) is 0 Å². The van der Waals surface area contributed by atoms with Gasteiger partial charge in [0.1, 0.15) is 17.7 Å². The molecule has 0 aliphatic carbocycles. The number of nitrogens with zero attached hydrogens (tertiary/aromatic N) is 2. The fourth-order valence-electron chi connectivity index (χ4n) is 1.30. The van der Waals surface area contributed by atoms with Gasteiger partial charge in [0, 0.05) is 6.20 Å². The largest absolute Gasteiger partial charge is 0.480 e. The van der Waals surface area contributed by atoms with Crippen molar-refractivity contribution < 1.29 is 27.9 Å². The Labute approximate surface area is 114 Å². The number of halogens is 4. The van der Waals surface area contributed by atoms with Crippen molar-refractivity contribution in [1.82, 2.24) is 9.88 Å². The number of aromatic nitrogens is 1. The Morgan fingerprint density at radius 2 is 2.05 bits per heavy atom. The Hall–Kier alpha value is -1.64. The van der Waals surface area contributed by atoms with Crippen LogP contribution < -0.4 is 0 Å². The van der Waals surface area contributed by atoms with Crippen molar-refractivity contribution >= 4 is 27.8 Å². The molecule has 1 heterocycles. The molecule has 0 atom stereocenters. The molecule has 1 aromatic rings. The maximum absolute atomic E-state index is 12.3. The SMILES string of the molecule is O=C(O)CN(CC(F)(F)F)C(=O)c1cccnc1Br. The molecule has 0 aromatic carbocycles. The Balaban J connectivity index is 3.01. The summed E-state index contributed by atoms with van der Waals surface area (Å²) in [5, 5.41) is 8.56. The minimum absolute atomic E-state index is 0.0533. The number of carboxylic acid groups (broad SMARTS) is 1. The molecule has 1 aromatic heterocycles. The standard InChI is InChI=1S/C10H8BrF3N2O3/c11-8-6(2-1-3-15-8)9(19)16(4-7(17)18)5-10(12,13)14/h1-3H,4-5H2,(H,17,18). The lowest BCUT2D eigenvalue weighted by Gasteiger charge is -2.22. The predicted molar refractivity (Wildman–Crippen MR) is 61.5 cm³/mol. The van der Waals surface area contributed by atoms with Crippen LogP contribution >= 0.6 is 15.9 Å². The third-order valence-corrected chi connectivity index (χ3v) is 2.60. The van der Waals surface area contributed by atoms with Gasteiger partial charge < -0.3 is 10.0 Å². The maximum Gasteiger partial charge on any atom is 0.406 e. The van der Waals surface area contributed by atoms with E-state index in [1.165, 1.54) is 18.3 Å². The number of pyridine rings is 1. The van der Waals surface area contributed by atoms with E-state index in [2.05, 4.69) is 20.9 Å². The van der Waals surface area contributed by atoms with E-state index in [9.17, 15) is 22.8 Å². The Bertz CT molecular complexity index is 493. The molecule has 0 saturated heterocycles. The minimum Gasteiger partial charge on any atom is -0.480 e. The first-order valence-electron chi connectivity index (χ1n) is 4.89. The Kier molecular flexibility index (Phi) is 4.87. The summed E-state index contributed by atoms with van der Waals surface area (Å²) in [5.74, 6) is -2.59. The first-order valence-corrected chi connectivity index (χ1v) is 5.68. The van der Waals surface area contributed by atoms with E-state index in [0.29, 0.717) is 0 Å². The molecule has 0 spiro atoms. The number of aliphatic carboxylic acids is 1. The first-order chi connectivity index (χ1) is 8.70. The molecule has 0 bridgehead atoms. The van der Waals surface area contributed by atoms with E-state index >= 15 is 0 Å². The van der Waals surface area contributed by atoms with Crippen LogP contribution in [0.25, 0.3) is 0 Å². The van der Waals surface area contributed by atoms with Gasteiger partial charge in [-0.2, -0.15) is 13.2 Å². The number of rotatable bonds is 4. The van der Waals surface area contributed by atoms with Gasteiger partial charge in [-0.05, 0) is 28.1 Å². The predicted octanol–water partition coefficient (Wildman–Crippen LogP) is 1.93. The van der Waals surface area contributed by atoms with Gasteiger partial charge in [0.05, 0.1) is 5.56 Å². The quantitative estimate of drug-likeness (QED) is 0.850. The topological polar surface area (TPSA) is 70.5 Å². The zero-order valence-electron chi connectivity index (χ0n) is 9.32. The van der Waals surface area contributed by atoms with Gasteiger partial charge in [-0.25, -0.2) is 4.98 Å². The van der Waals surface area contributed by atoms with Crippen LogP contribution in [0.1, 0.15) is 10.4 Å². The van der Waals surface area contributed by atoms with E-state index < -0.39 is 31.1 Å². The van der Waals surface area contributed by atoms with Gasteiger partial charge in [0.2, 0.25) is 0 Å². The van der Waals surface area contributed by atoms with Crippen molar-refractivity contribution in [3.05, 3.63) is 28.5 Å². The summed E-state index contributed by atoms with van der Waals surface area (Å²) in [6, 6.07) is 2.62. The molecule has 5 nitrogen and oxygen atoms in total. The molecular weight excluding hydrogens is 333 g/mol. The van der Waals surface area contributed by atoms with Crippen molar-refractivity contribution in [1.29, 1.82) is 0 Å². The van der Waals surface area contributed by atoms with E-state index in [0.717, 1.165) is 0 Å². The molecule has 0 saturated carbocycles. The smallest absolute Gasteiger partial charge is 0.406 e. The fraction of sp³-hybridized carbons (Fsp3) is 0.300. The van der Waals surface area contributed by atoms with Crippen LogP contribution in [0, 0.1) is 0 Å². The van der Waals surface area contributed by atoms with Crippen molar-refractivity contribution in [2.75, 3.05) is 13.1 Å². The number of hydrogen-bond donors (Lipinski definition) is 1. The summed E-state index contributed by atoms with van der Waals surface area (Å²) in [6.45, 7) is -2.68. The number of carbonyl (C=O) groups is 2. The second-order valence-corrected chi connectivity index (χ2v) is 4.26. The second-order valence-electron chi connectivity index (χ2n) is 3.51. The lowest BCUT2D eigenvalue weighted by molar-refractivity contribution is -0.149. The summed E-state index contributed by atoms with van der Waals surface area (Å²) in [6.07, 6.45) is -3.34. The van der Waals surface area contributed by atoms with Crippen LogP contribution in [-0.4, -0.2) is 46.1 Å². The van der Waals surface area contributed by atoms with Crippen LogP contribution in [0.2, 0.25) is 0 Å². The molecule has 0 radical (unpaired) electrons. The highest BCUT2D eigenvalue weighted by Crippen LogP contribution is 2.20. The monoisotopic (exact) mass is 340 g/mol. The van der Waals surface area contributed by atoms with Crippen molar-refractivity contribution in [2.45, 2.75) is 6.18 Å². The molecule has 0 aliphatic rings. The van der Waals surface area contributed by atoms with Gasteiger partial charge in [0.25, 0.3) is 5.91 Å². The maximum atomic E-state index is 12.3. The summed E-state index contributed by atoms with van der Waals surface area (Å²) in [4.78, 5) is 26.3. The number of amides is 1. The number of carbonyl (C=O) groups excluding carboxylic acids is 1. The lowest BCUT2D eigenvalue weighted by atomic mass is 10.2. The Morgan fingerprint density at radius 1 is 1.42 bits per heavy atom. The van der Waals surface area contributed by atoms with Crippen molar-refractivity contribution in [3.8, 4) is 0 Å². The molecule has 19 heavy (non-hydrogen) atoms. The number of hydrogen-bond acceptors (Lipinski definition) is 3. The molecule has 104 valence electrons. The fourth-order valence-corrected chi connectivity index (χ4v) is 1.72. The average Bonchev–Trinajstić information content (AvgIpc) is 2.25. The highest BCUT2D eigenvalue weighted by Gasteiger charge is 2.34. The third kappa shape index (κ3) is 4.86. The summed E-state index contributed by atoms with van der Waals surface area (Å²) in [5.41, 5.74) is -0.131. The van der Waals surface area contributed by atoms with Crippen molar-refractivity contribution in [3.63, 3.8) is 0 Å². The van der Waals surface area contributed by atoms with E-state index in [-0.39, 0.29) is 15.1 Å². The molecule has 1 N–H and O–H groups in total. The molecule has 0 fully saturated rings. The van der Waals surface area contributed by atoms with Gasteiger partial charge in [-0.1, -0.05) is 0 Å². The van der Waals surface area contributed by atoms with Crippen LogP contribution in [0.3, 0.4) is 0 Å². The van der Waals surface area contributed by atoms with Gasteiger partial charge in [-0.3, -0.25) is 9.59 Å². The highest BCUT2D eigenvalue weighted by atomic mass is 79.9. The van der Waals surface area contributed by atoms with Crippen molar-refractivity contribution in [2.24, 2.45) is 0 Å². The van der Waals surface area contributed by atoms with E-state index in [1.54, 1.807) is 0 Å². The molecular formula is C10H8BrF3N2O3. The lowest BCUT2D eigenvalue weighted by Crippen LogP contribution is -2.42. The van der Waals surface area contributed by atoms with Crippen LogP contribution in [0.15, 0.2) is 22.9 Å². The van der Waals surface area contributed by atoms with Gasteiger partial charge >= 0.3 is 12.1 Å². The summed E-state index contributed by atoms with van der Waals surface area (Å²) < 4.78 is 37.0. The van der Waals surface area contributed by atoms with Crippen LogP contribution in [0.4, 0.5) is 13.2 Å². The minimum atomic E-state index is -4.68. The first kappa shape index (κ1) is 15.4. The van der Waals surface area contributed by atoms with Crippen LogP contribution in [0.5, 0.6) is 0 Å². The average molecular weight is 341 g/mol.